The largest absolute Gasteiger partial charge is 0.495 e. The van der Waals surface area contributed by atoms with E-state index in [0.717, 1.165) is 28.6 Å². The summed E-state index contributed by atoms with van der Waals surface area (Å²) in [5.41, 5.74) is 4.10. The van der Waals surface area contributed by atoms with Crippen LogP contribution in [0.25, 0.3) is 21.8 Å². The van der Waals surface area contributed by atoms with E-state index in [0.29, 0.717) is 71.3 Å². The van der Waals surface area contributed by atoms with E-state index in [1.54, 1.807) is 24.3 Å². The Morgan fingerprint density at radius 3 is 1.37 bits per heavy atom. The lowest BCUT2D eigenvalue weighted by molar-refractivity contribution is 0.398. The van der Waals surface area contributed by atoms with Crippen molar-refractivity contribution in [1.29, 1.82) is 0 Å². The molecule has 0 unspecified atom stereocenters. The average Bonchev–Trinajstić information content (AvgIpc) is 4.04. The van der Waals surface area contributed by atoms with Crippen LogP contribution in [0.3, 0.4) is 0 Å². The summed E-state index contributed by atoms with van der Waals surface area (Å²) in [5.74, 6) is 1.36. The Morgan fingerprint density at radius 2 is 0.987 bits per heavy atom. The molecular weight excluding hydrogens is 1080 g/mol. The highest BCUT2D eigenvalue weighted by Gasteiger charge is 2.27. The van der Waals surface area contributed by atoms with E-state index in [4.69, 9.17) is 33.9 Å². The standard InChI is InChI=1S/C48H51N13O10S5/c1-9-60(10-2)34-22-30(32(24-38(34)70-7)54-56-44-40-28(58-73-44)18-20-36(68-5)42(40)75(62,63)64)49-46-51-47(53-48(52-46)72-26-27-16-14-13-15-17-27)50-31-23-35(61(11-3)12-4)39(71-8)25-33(31)55-57-45-41-29(59-74-45)19-21-37(69-6)43(41)76(65,66)67/h13-25H,9-12,26H2,1-8H3,(H,62,63,64)(H,65,66,67)(H2,49,50,51,52,53). The molecule has 0 aliphatic carbocycles. The fourth-order valence-electron chi connectivity index (χ4n) is 8.04. The SMILES string of the molecule is CCN(CC)c1cc(Nc2nc(Nc3cc(N(CC)CC)c(OC)cc3N=Nc3snc4ccc(OC)c(S(=O)(=O)O)c34)nc(SCc3ccccc3)n2)c(N=Nc2snc3ccc(OC)c(S(=O)(=O)O)c23)cc1OC. The molecule has 8 aromatic rings. The molecule has 28 heteroatoms. The van der Waals surface area contributed by atoms with Crippen molar-refractivity contribution in [3.05, 3.63) is 84.4 Å². The van der Waals surface area contributed by atoms with E-state index in [1.807, 2.05) is 70.2 Å². The number of hydrogen-bond donors (Lipinski definition) is 4. The molecule has 8 rings (SSSR count). The second kappa shape index (κ2) is 23.7. The van der Waals surface area contributed by atoms with E-state index in [2.05, 4.69) is 49.6 Å². The van der Waals surface area contributed by atoms with Crippen molar-refractivity contribution in [1.82, 2.24) is 23.7 Å². The van der Waals surface area contributed by atoms with Crippen LogP contribution in [0.4, 0.5) is 56.0 Å². The first kappa shape index (κ1) is 54.9. The van der Waals surface area contributed by atoms with Gasteiger partial charge in [0.2, 0.25) is 11.9 Å². The molecule has 76 heavy (non-hydrogen) atoms. The number of anilines is 6. The van der Waals surface area contributed by atoms with Crippen molar-refractivity contribution in [3.8, 4) is 23.0 Å². The summed E-state index contributed by atoms with van der Waals surface area (Å²) in [6, 6.07) is 22.6. The van der Waals surface area contributed by atoms with Gasteiger partial charge in [0.25, 0.3) is 20.2 Å². The molecule has 0 saturated heterocycles. The van der Waals surface area contributed by atoms with E-state index in [-0.39, 0.29) is 66.6 Å². The van der Waals surface area contributed by atoms with Crippen molar-refractivity contribution in [2.24, 2.45) is 20.5 Å². The summed E-state index contributed by atoms with van der Waals surface area (Å²) in [4.78, 5) is 17.7. The third-order valence-electron chi connectivity index (χ3n) is 11.7. The van der Waals surface area contributed by atoms with Gasteiger partial charge in [-0.15, -0.1) is 20.5 Å². The molecule has 398 valence electrons. The van der Waals surface area contributed by atoms with Crippen molar-refractivity contribution < 1.29 is 44.9 Å². The zero-order chi connectivity index (χ0) is 54.3. The molecule has 0 spiro atoms. The lowest BCUT2D eigenvalue weighted by Gasteiger charge is -2.25. The molecule has 0 atom stereocenters. The van der Waals surface area contributed by atoms with Crippen molar-refractivity contribution >= 4 is 133 Å². The number of nitrogens with zero attached hydrogens (tertiary/aromatic N) is 11. The maximum absolute atomic E-state index is 12.7. The molecule has 4 N–H and O–H groups in total. The monoisotopic (exact) mass is 1130 g/mol. The maximum Gasteiger partial charge on any atom is 0.299 e. The van der Waals surface area contributed by atoms with Gasteiger partial charge < -0.3 is 39.4 Å². The Hall–Kier alpha value is -7.34. The van der Waals surface area contributed by atoms with Gasteiger partial charge in [0.05, 0.1) is 73.0 Å². The fraction of sp³-hybridized carbons (Fsp3) is 0.271. The zero-order valence-corrected chi connectivity index (χ0v) is 46.2. The van der Waals surface area contributed by atoms with Crippen molar-refractivity contribution in [2.45, 2.75) is 48.4 Å². The average molecular weight is 1130 g/mol. The molecular formula is C48H51N13O10S5. The molecule has 3 aromatic heterocycles. The number of hydrogen-bond acceptors (Lipinski definition) is 24. The normalized spacial score (nSPS) is 12.0. The van der Waals surface area contributed by atoms with Gasteiger partial charge in [-0.25, -0.2) is 0 Å². The molecule has 23 nitrogen and oxygen atoms in total. The number of thioether (sulfide) groups is 1. The predicted molar refractivity (Wildman–Crippen MR) is 296 cm³/mol. The highest BCUT2D eigenvalue weighted by molar-refractivity contribution is 7.98. The molecule has 0 aliphatic rings. The summed E-state index contributed by atoms with van der Waals surface area (Å²) >= 11 is 3.11. The quantitative estimate of drug-likeness (QED) is 0.0263. The van der Waals surface area contributed by atoms with Crippen molar-refractivity contribution in [3.63, 3.8) is 0 Å². The minimum Gasteiger partial charge on any atom is -0.495 e. The zero-order valence-electron chi connectivity index (χ0n) is 42.2. The van der Waals surface area contributed by atoms with Crippen LogP contribution in [-0.2, 0) is 26.0 Å². The fourth-order valence-corrected chi connectivity index (χ4v) is 12.1. The molecule has 0 saturated carbocycles. The van der Waals surface area contributed by atoms with Gasteiger partial charge in [-0.2, -0.15) is 40.5 Å². The summed E-state index contributed by atoms with van der Waals surface area (Å²) in [5, 5.41) is 25.4. The Morgan fingerprint density at radius 1 is 0.566 bits per heavy atom. The van der Waals surface area contributed by atoms with Gasteiger partial charge in [-0.3, -0.25) is 9.11 Å². The first-order chi connectivity index (χ1) is 36.5. The molecule has 0 bridgehead atoms. The van der Waals surface area contributed by atoms with Crippen LogP contribution in [0, 0.1) is 0 Å². The second-order valence-electron chi connectivity index (χ2n) is 16.0. The molecule has 5 aromatic carbocycles. The Kier molecular flexibility index (Phi) is 17.1. The highest BCUT2D eigenvalue weighted by Crippen LogP contribution is 2.46. The Balaban J connectivity index is 1.28. The van der Waals surface area contributed by atoms with Crippen LogP contribution < -0.4 is 39.4 Å². The molecule has 0 fully saturated rings. The van der Waals surface area contributed by atoms with Crippen LogP contribution in [0.1, 0.15) is 33.3 Å². The van der Waals surface area contributed by atoms with Gasteiger partial charge in [0.1, 0.15) is 44.2 Å². The molecule has 0 aliphatic heterocycles. The minimum absolute atomic E-state index is 0.0233. The first-order valence-electron chi connectivity index (χ1n) is 23.2. The third-order valence-corrected chi connectivity index (χ3v) is 15.9. The van der Waals surface area contributed by atoms with Crippen LogP contribution in [0.15, 0.2) is 114 Å². The topological polar surface area (TPSA) is 290 Å². The lowest BCUT2D eigenvalue weighted by Crippen LogP contribution is -2.22. The number of ether oxygens (including phenoxy) is 4. The van der Waals surface area contributed by atoms with E-state index >= 15 is 0 Å². The number of aromatic nitrogens is 5. The number of fused-ring (bicyclic) bond motifs is 2. The minimum atomic E-state index is -4.81. The van der Waals surface area contributed by atoms with Gasteiger partial charge in [-0.1, -0.05) is 42.1 Å². The number of methoxy groups -OCH3 is 4. The highest BCUT2D eigenvalue weighted by atomic mass is 32.2. The molecule has 0 radical (unpaired) electrons. The second-order valence-corrected chi connectivity index (χ2v) is 21.2. The maximum atomic E-state index is 12.7. The molecule has 0 amide bonds. The van der Waals surface area contributed by atoms with Crippen LogP contribution >= 0.6 is 34.8 Å². The summed E-state index contributed by atoms with van der Waals surface area (Å²) in [6.07, 6.45) is 0. The first-order valence-corrected chi connectivity index (χ1v) is 28.6. The van der Waals surface area contributed by atoms with Gasteiger partial charge >= 0.3 is 0 Å². The molecule has 3 heterocycles. The smallest absolute Gasteiger partial charge is 0.299 e. The number of rotatable bonds is 23. The number of benzene rings is 5. The third kappa shape index (κ3) is 11.9. The van der Waals surface area contributed by atoms with E-state index in [9.17, 15) is 25.9 Å². The Labute approximate surface area is 450 Å². The summed E-state index contributed by atoms with van der Waals surface area (Å²) in [7, 11) is -3.99. The van der Waals surface area contributed by atoms with Crippen LogP contribution in [0.2, 0.25) is 0 Å². The van der Waals surface area contributed by atoms with E-state index < -0.39 is 30.0 Å². The number of nitrogens with one attached hydrogen (secondary N) is 2. The predicted octanol–water partition coefficient (Wildman–Crippen LogP) is 11.9. The van der Waals surface area contributed by atoms with E-state index in [1.165, 1.54) is 52.3 Å². The van der Waals surface area contributed by atoms with Crippen LogP contribution in [-0.4, -0.2) is 104 Å². The van der Waals surface area contributed by atoms with Crippen LogP contribution in [0.5, 0.6) is 23.0 Å². The van der Waals surface area contributed by atoms with Crippen molar-refractivity contribution in [2.75, 3.05) is 75.1 Å². The number of azo groups is 2. The lowest BCUT2D eigenvalue weighted by atomic mass is 10.2. The van der Waals surface area contributed by atoms with Gasteiger partial charge in [0, 0.05) is 44.1 Å². The van der Waals surface area contributed by atoms with Gasteiger partial charge in [-0.05, 0) is 92.7 Å². The van der Waals surface area contributed by atoms with Gasteiger partial charge in [0.15, 0.2) is 15.2 Å². The summed E-state index contributed by atoms with van der Waals surface area (Å²) in [6.45, 7) is 10.5. The summed E-state index contributed by atoms with van der Waals surface area (Å²) < 4.78 is 103. The Bertz CT molecular complexity index is 3490.